The van der Waals surface area contributed by atoms with Crippen molar-refractivity contribution in [1.82, 2.24) is 20.0 Å². The first-order chi connectivity index (χ1) is 8.34. The van der Waals surface area contributed by atoms with E-state index in [1.807, 2.05) is 9.80 Å². The molecule has 0 bridgehead atoms. The monoisotopic (exact) mass is 238 g/mol. The molecule has 96 valence electrons. The summed E-state index contributed by atoms with van der Waals surface area (Å²) in [5.74, 6) is 0. The first kappa shape index (κ1) is 11.3. The molecule has 0 atom stereocenters. The fraction of sp³-hybridized carbons (Fsp3) is 0.917. The predicted molar refractivity (Wildman–Crippen MR) is 66.0 cm³/mol. The van der Waals surface area contributed by atoms with Crippen molar-refractivity contribution in [3.05, 3.63) is 0 Å². The molecule has 2 heterocycles. The molecular weight excluding hydrogens is 216 g/mol. The van der Waals surface area contributed by atoms with E-state index in [2.05, 4.69) is 10.2 Å². The summed E-state index contributed by atoms with van der Waals surface area (Å²) >= 11 is 0. The first-order valence-corrected chi connectivity index (χ1v) is 6.83. The highest BCUT2D eigenvalue weighted by Crippen LogP contribution is 2.27. The largest absolute Gasteiger partial charge is 0.322 e. The van der Waals surface area contributed by atoms with E-state index in [0.29, 0.717) is 0 Å². The summed E-state index contributed by atoms with van der Waals surface area (Å²) in [6.45, 7) is 7.58. The molecule has 3 aliphatic rings. The highest BCUT2D eigenvalue weighted by Gasteiger charge is 2.33. The molecule has 2 amide bonds. The summed E-state index contributed by atoms with van der Waals surface area (Å²) < 4.78 is 0. The van der Waals surface area contributed by atoms with E-state index in [0.717, 1.165) is 58.4 Å². The van der Waals surface area contributed by atoms with Gasteiger partial charge in [-0.05, 0) is 12.8 Å². The number of hydrogen-bond donors (Lipinski definition) is 1. The van der Waals surface area contributed by atoms with Gasteiger partial charge in [0, 0.05) is 58.4 Å². The van der Waals surface area contributed by atoms with E-state index < -0.39 is 0 Å². The molecular formula is C12H22N4O. The SMILES string of the molecule is O=C(N1CCNCC1)N1CCN(C2CC2)CC1. The number of rotatable bonds is 1. The topological polar surface area (TPSA) is 38.8 Å². The van der Waals surface area contributed by atoms with E-state index >= 15 is 0 Å². The Labute approximate surface area is 103 Å². The lowest BCUT2D eigenvalue weighted by atomic mass is 10.3. The Morgan fingerprint density at radius 2 is 1.47 bits per heavy atom. The van der Waals surface area contributed by atoms with Crippen LogP contribution in [-0.2, 0) is 0 Å². The van der Waals surface area contributed by atoms with Gasteiger partial charge in [-0.1, -0.05) is 0 Å². The number of piperazine rings is 2. The third kappa shape index (κ3) is 2.55. The summed E-state index contributed by atoms with van der Waals surface area (Å²) in [5.41, 5.74) is 0. The van der Waals surface area contributed by atoms with Crippen molar-refractivity contribution in [2.75, 3.05) is 52.4 Å². The zero-order valence-corrected chi connectivity index (χ0v) is 10.4. The Morgan fingerprint density at radius 1 is 0.882 bits per heavy atom. The van der Waals surface area contributed by atoms with Crippen molar-refractivity contribution in [2.45, 2.75) is 18.9 Å². The molecule has 1 N–H and O–H groups in total. The van der Waals surface area contributed by atoms with Gasteiger partial charge < -0.3 is 15.1 Å². The Hall–Kier alpha value is -0.810. The van der Waals surface area contributed by atoms with Crippen molar-refractivity contribution >= 4 is 6.03 Å². The van der Waals surface area contributed by atoms with Crippen LogP contribution in [0, 0.1) is 0 Å². The molecule has 2 aliphatic heterocycles. The van der Waals surface area contributed by atoms with Crippen LogP contribution in [0.15, 0.2) is 0 Å². The average Bonchev–Trinajstić information content (AvgIpc) is 3.24. The van der Waals surface area contributed by atoms with Crippen molar-refractivity contribution in [3.63, 3.8) is 0 Å². The molecule has 0 aromatic carbocycles. The smallest absolute Gasteiger partial charge is 0.320 e. The fourth-order valence-electron chi connectivity index (χ4n) is 2.77. The van der Waals surface area contributed by atoms with Crippen LogP contribution in [0.25, 0.3) is 0 Å². The number of nitrogens with one attached hydrogen (secondary N) is 1. The molecule has 17 heavy (non-hydrogen) atoms. The molecule has 5 nitrogen and oxygen atoms in total. The first-order valence-electron chi connectivity index (χ1n) is 6.83. The van der Waals surface area contributed by atoms with E-state index in [-0.39, 0.29) is 6.03 Å². The number of urea groups is 1. The average molecular weight is 238 g/mol. The zero-order valence-electron chi connectivity index (χ0n) is 10.4. The van der Waals surface area contributed by atoms with Gasteiger partial charge >= 0.3 is 6.03 Å². The summed E-state index contributed by atoms with van der Waals surface area (Å²) in [4.78, 5) is 18.8. The van der Waals surface area contributed by atoms with Gasteiger partial charge in [-0.15, -0.1) is 0 Å². The second-order valence-electron chi connectivity index (χ2n) is 5.27. The molecule has 0 spiro atoms. The van der Waals surface area contributed by atoms with Crippen LogP contribution in [0.2, 0.25) is 0 Å². The van der Waals surface area contributed by atoms with Crippen molar-refractivity contribution in [3.8, 4) is 0 Å². The van der Waals surface area contributed by atoms with Crippen LogP contribution in [0.3, 0.4) is 0 Å². The van der Waals surface area contributed by atoms with Crippen LogP contribution < -0.4 is 5.32 Å². The maximum atomic E-state index is 12.3. The van der Waals surface area contributed by atoms with Crippen molar-refractivity contribution in [1.29, 1.82) is 0 Å². The fourth-order valence-corrected chi connectivity index (χ4v) is 2.77. The van der Waals surface area contributed by atoms with E-state index in [1.54, 1.807) is 0 Å². The summed E-state index contributed by atoms with van der Waals surface area (Å²) in [6, 6.07) is 1.09. The molecule has 3 rings (SSSR count). The van der Waals surface area contributed by atoms with Gasteiger partial charge in [-0.3, -0.25) is 4.90 Å². The molecule has 0 aromatic rings. The zero-order chi connectivity index (χ0) is 11.7. The number of amides is 2. The van der Waals surface area contributed by atoms with Gasteiger partial charge in [-0.25, -0.2) is 4.79 Å². The van der Waals surface area contributed by atoms with Crippen LogP contribution in [0.4, 0.5) is 4.79 Å². The third-order valence-corrected chi connectivity index (χ3v) is 4.04. The summed E-state index contributed by atoms with van der Waals surface area (Å²) in [7, 11) is 0. The summed E-state index contributed by atoms with van der Waals surface area (Å²) in [6.07, 6.45) is 2.73. The molecule has 3 fully saturated rings. The van der Waals surface area contributed by atoms with Crippen LogP contribution >= 0.6 is 0 Å². The Balaban J connectivity index is 1.49. The normalized spacial score (nSPS) is 27.3. The van der Waals surface area contributed by atoms with Crippen molar-refractivity contribution < 1.29 is 4.79 Å². The maximum Gasteiger partial charge on any atom is 0.320 e. The van der Waals surface area contributed by atoms with Crippen LogP contribution in [0.1, 0.15) is 12.8 Å². The lowest BCUT2D eigenvalue weighted by molar-refractivity contribution is 0.106. The quantitative estimate of drug-likeness (QED) is 0.687. The molecule has 1 aliphatic carbocycles. The highest BCUT2D eigenvalue weighted by atomic mass is 16.2. The predicted octanol–water partition coefficient (Wildman–Crippen LogP) is -0.208. The van der Waals surface area contributed by atoms with E-state index in [1.165, 1.54) is 12.8 Å². The van der Waals surface area contributed by atoms with Gasteiger partial charge in [0.1, 0.15) is 0 Å². The lowest BCUT2D eigenvalue weighted by Crippen LogP contribution is -2.56. The van der Waals surface area contributed by atoms with Gasteiger partial charge in [-0.2, -0.15) is 0 Å². The number of hydrogen-bond acceptors (Lipinski definition) is 3. The maximum absolute atomic E-state index is 12.3. The molecule has 5 heteroatoms. The number of nitrogens with zero attached hydrogens (tertiary/aromatic N) is 3. The minimum absolute atomic E-state index is 0.252. The highest BCUT2D eigenvalue weighted by molar-refractivity contribution is 5.74. The second-order valence-corrected chi connectivity index (χ2v) is 5.27. The Kier molecular flexibility index (Phi) is 3.20. The van der Waals surface area contributed by atoms with Gasteiger partial charge in [0.05, 0.1) is 0 Å². The summed E-state index contributed by atoms with van der Waals surface area (Å²) in [5, 5.41) is 3.28. The van der Waals surface area contributed by atoms with E-state index in [9.17, 15) is 4.79 Å². The molecule has 0 aromatic heterocycles. The molecule has 0 radical (unpaired) electrons. The standard InChI is InChI=1S/C12H22N4O/c17-12(15-5-3-13-4-6-15)16-9-7-14(8-10-16)11-1-2-11/h11,13H,1-10H2. The van der Waals surface area contributed by atoms with Gasteiger partial charge in [0.15, 0.2) is 0 Å². The molecule has 0 unspecified atom stereocenters. The Bertz CT molecular complexity index is 278. The minimum Gasteiger partial charge on any atom is -0.322 e. The Morgan fingerprint density at radius 3 is 2.06 bits per heavy atom. The third-order valence-electron chi connectivity index (χ3n) is 4.04. The molecule has 1 saturated carbocycles. The van der Waals surface area contributed by atoms with E-state index in [4.69, 9.17) is 0 Å². The lowest BCUT2D eigenvalue weighted by Gasteiger charge is -2.38. The minimum atomic E-state index is 0.252. The van der Waals surface area contributed by atoms with Gasteiger partial charge in [0.25, 0.3) is 0 Å². The van der Waals surface area contributed by atoms with Crippen molar-refractivity contribution in [2.24, 2.45) is 0 Å². The second kappa shape index (κ2) is 4.82. The molecule has 2 saturated heterocycles. The van der Waals surface area contributed by atoms with Crippen LogP contribution in [-0.4, -0.2) is 79.1 Å². The van der Waals surface area contributed by atoms with Gasteiger partial charge in [0.2, 0.25) is 0 Å². The number of carbonyl (C=O) groups excluding carboxylic acids is 1. The number of carbonyl (C=O) groups is 1. The van der Waals surface area contributed by atoms with Crippen LogP contribution in [0.5, 0.6) is 0 Å².